The van der Waals surface area contributed by atoms with Crippen molar-refractivity contribution in [3.63, 3.8) is 0 Å². The summed E-state index contributed by atoms with van der Waals surface area (Å²) >= 11 is 12.2. The van der Waals surface area contributed by atoms with Crippen LogP contribution in [0.25, 0.3) is 0 Å². The number of nitrogens with zero attached hydrogens (tertiary/aromatic N) is 2. The van der Waals surface area contributed by atoms with E-state index in [2.05, 4.69) is 9.28 Å². The average Bonchev–Trinajstić information content (AvgIpc) is 3.13. The molecule has 0 unspecified atom stereocenters. The van der Waals surface area contributed by atoms with Gasteiger partial charge < -0.3 is 4.55 Å². The first-order chi connectivity index (χ1) is 14.0. The van der Waals surface area contributed by atoms with Gasteiger partial charge >= 0.3 is 29.6 Å². The van der Waals surface area contributed by atoms with Gasteiger partial charge in [-0.15, -0.1) is 0 Å². The van der Waals surface area contributed by atoms with Gasteiger partial charge in [-0.1, -0.05) is 23.2 Å². The van der Waals surface area contributed by atoms with Gasteiger partial charge in [-0.2, -0.15) is 5.10 Å². The topological polar surface area (TPSA) is 116 Å². The molecular weight excluding hydrogens is 498 g/mol. The Balaban J connectivity index is 0.00000341. The van der Waals surface area contributed by atoms with E-state index < -0.39 is 32.6 Å². The molecule has 0 saturated carbocycles. The smallest absolute Gasteiger partial charge is 0.726 e. The fraction of sp³-hybridized carbons (Fsp3) is 0.278. The summed E-state index contributed by atoms with van der Waals surface area (Å²) in [6.07, 6.45) is 0.680. The molecule has 0 N–H and O–H groups in total. The van der Waals surface area contributed by atoms with Crippen LogP contribution in [0.15, 0.2) is 46.4 Å². The van der Waals surface area contributed by atoms with E-state index in [0.29, 0.717) is 28.7 Å². The van der Waals surface area contributed by atoms with Crippen LogP contribution in [0.5, 0.6) is 0 Å². The maximum absolute atomic E-state index is 12.2. The first kappa shape index (κ1) is 26.6. The molecule has 0 bridgehead atoms. The van der Waals surface area contributed by atoms with E-state index in [1.165, 1.54) is 12.1 Å². The van der Waals surface area contributed by atoms with Crippen molar-refractivity contribution < 1.29 is 55.1 Å². The van der Waals surface area contributed by atoms with E-state index in [9.17, 15) is 21.4 Å². The van der Waals surface area contributed by atoms with Crippen LogP contribution in [0.4, 0.5) is 5.69 Å². The Morgan fingerprint density at radius 1 is 1.10 bits per heavy atom. The number of hydrogen-bond acceptors (Lipinski definition) is 8. The van der Waals surface area contributed by atoms with Crippen molar-refractivity contribution in [3.05, 3.63) is 57.6 Å². The predicted octanol–water partition coefficient (Wildman–Crippen LogP) is 0.171. The summed E-state index contributed by atoms with van der Waals surface area (Å²) in [5.41, 5.74) is 3.40. The van der Waals surface area contributed by atoms with Crippen LogP contribution in [0, 0.1) is 6.92 Å². The average molecular weight is 515 g/mol. The molecule has 2 aromatic carbocycles. The third-order valence-electron chi connectivity index (χ3n) is 4.45. The molecule has 0 fully saturated rings. The van der Waals surface area contributed by atoms with Crippen molar-refractivity contribution in [2.45, 2.75) is 18.2 Å². The molecule has 0 atom stereocenters. The minimum Gasteiger partial charge on any atom is -0.726 e. The van der Waals surface area contributed by atoms with Crippen LogP contribution in [0.1, 0.15) is 17.5 Å². The molecule has 31 heavy (non-hydrogen) atoms. The van der Waals surface area contributed by atoms with Crippen LogP contribution >= 0.6 is 23.2 Å². The first-order valence-electron chi connectivity index (χ1n) is 8.70. The van der Waals surface area contributed by atoms with E-state index in [4.69, 9.17) is 23.2 Å². The predicted molar refractivity (Wildman–Crippen MR) is 114 cm³/mol. The van der Waals surface area contributed by atoms with Gasteiger partial charge in [0.1, 0.15) is 0 Å². The van der Waals surface area contributed by atoms with Gasteiger partial charge in [0.05, 0.1) is 38.7 Å². The summed E-state index contributed by atoms with van der Waals surface area (Å²) in [5, 5.41) is 7.28. The number of hydrazone groups is 1. The van der Waals surface area contributed by atoms with Crippen LogP contribution in [0.3, 0.4) is 0 Å². The van der Waals surface area contributed by atoms with Gasteiger partial charge in [0, 0.05) is 18.5 Å². The number of sulfone groups is 1. The normalized spacial score (nSPS) is 14.3. The zero-order chi connectivity index (χ0) is 22.1. The van der Waals surface area contributed by atoms with Crippen LogP contribution in [-0.2, 0) is 24.4 Å². The zero-order valence-corrected chi connectivity index (χ0v) is 21.9. The third kappa shape index (κ3) is 6.89. The molecule has 0 radical (unpaired) electrons. The Hall–Kier alpha value is -0.690. The van der Waals surface area contributed by atoms with E-state index in [-0.39, 0.29) is 34.5 Å². The van der Waals surface area contributed by atoms with Crippen LogP contribution < -0.4 is 34.6 Å². The van der Waals surface area contributed by atoms with Gasteiger partial charge in [-0.25, -0.2) is 16.8 Å². The van der Waals surface area contributed by atoms with E-state index in [1.54, 1.807) is 29.3 Å². The second-order valence-corrected chi connectivity index (χ2v) is 10.5. The van der Waals surface area contributed by atoms with Crippen molar-refractivity contribution in [2.24, 2.45) is 5.10 Å². The van der Waals surface area contributed by atoms with E-state index in [1.807, 2.05) is 6.92 Å². The Morgan fingerprint density at radius 2 is 1.71 bits per heavy atom. The summed E-state index contributed by atoms with van der Waals surface area (Å²) < 4.78 is 59.7. The molecule has 1 heterocycles. The van der Waals surface area contributed by atoms with Crippen molar-refractivity contribution >= 4 is 54.8 Å². The van der Waals surface area contributed by atoms with Crippen LogP contribution in [0.2, 0.25) is 10.0 Å². The standard InChI is InChI=1S/C18H18Cl2N2O6S2.Na/c1-12-10-16(19)17(20)11-15(12)18-6-7-22(21-18)13-2-4-14(5-3-13)29(23,24)9-8-28-30(25,26)27;/h2-5,10-11H,6-9H2,1H3,(H,25,26,27);/q;+1/p-1. The first-order valence-corrected chi connectivity index (χ1v) is 12.4. The SMILES string of the molecule is Cc1cc(Cl)c(Cl)cc1C1=NN(c2ccc(S(=O)(=O)CCOS(=O)(=O)[O-])cc2)CC1.[Na+]. The third-order valence-corrected chi connectivity index (χ3v) is 7.33. The summed E-state index contributed by atoms with van der Waals surface area (Å²) in [6, 6.07) is 9.56. The second-order valence-electron chi connectivity index (χ2n) is 6.54. The molecule has 2 aromatic rings. The Bertz CT molecular complexity index is 1200. The number of rotatable bonds is 7. The molecule has 0 saturated heterocycles. The van der Waals surface area contributed by atoms with Crippen LogP contribution in [-0.4, -0.2) is 46.0 Å². The Labute approximate surface area is 213 Å². The molecular formula is C18H17Cl2N2NaO6S2. The molecule has 0 aliphatic carbocycles. The molecule has 0 aromatic heterocycles. The molecule has 8 nitrogen and oxygen atoms in total. The minimum absolute atomic E-state index is 0. The molecule has 162 valence electrons. The van der Waals surface area contributed by atoms with Gasteiger partial charge in [0.15, 0.2) is 9.84 Å². The minimum atomic E-state index is -4.93. The Morgan fingerprint density at radius 3 is 2.32 bits per heavy atom. The van der Waals surface area contributed by atoms with Gasteiger partial charge in [0.25, 0.3) is 0 Å². The zero-order valence-electron chi connectivity index (χ0n) is 16.7. The summed E-state index contributed by atoms with van der Waals surface area (Å²) in [6.45, 7) is 1.79. The fourth-order valence-electron chi connectivity index (χ4n) is 2.98. The van der Waals surface area contributed by atoms with Gasteiger partial charge in [-0.05, 0) is 48.9 Å². The molecule has 3 rings (SSSR count). The van der Waals surface area contributed by atoms with Crippen molar-refractivity contribution in [2.75, 3.05) is 23.9 Å². The number of hydrogen-bond donors (Lipinski definition) is 0. The number of aryl methyl sites for hydroxylation is 1. The number of anilines is 1. The maximum Gasteiger partial charge on any atom is 1.00 e. The molecule has 1 aliphatic heterocycles. The Kier molecular flexibility index (Phi) is 8.99. The van der Waals surface area contributed by atoms with Gasteiger partial charge in [-0.3, -0.25) is 9.19 Å². The van der Waals surface area contributed by atoms with Crippen molar-refractivity contribution in [1.29, 1.82) is 0 Å². The summed E-state index contributed by atoms with van der Waals surface area (Å²) in [4.78, 5) is -0.0122. The number of benzene rings is 2. The number of halogens is 2. The van der Waals surface area contributed by atoms with Crippen molar-refractivity contribution in [3.8, 4) is 0 Å². The van der Waals surface area contributed by atoms with Gasteiger partial charge in [0.2, 0.25) is 10.4 Å². The van der Waals surface area contributed by atoms with E-state index >= 15 is 0 Å². The fourth-order valence-corrected chi connectivity index (χ4v) is 4.84. The quantitative estimate of drug-likeness (QED) is 0.293. The molecule has 0 amide bonds. The summed E-state index contributed by atoms with van der Waals surface area (Å²) in [7, 11) is -8.74. The maximum atomic E-state index is 12.2. The molecule has 0 spiro atoms. The molecule has 13 heteroatoms. The largest absolute Gasteiger partial charge is 1.00 e. The van der Waals surface area contributed by atoms with Crippen molar-refractivity contribution in [1.82, 2.24) is 0 Å². The van der Waals surface area contributed by atoms with E-state index in [0.717, 1.165) is 16.8 Å². The second kappa shape index (κ2) is 10.5. The molecule has 1 aliphatic rings. The monoisotopic (exact) mass is 514 g/mol. The summed E-state index contributed by atoms with van der Waals surface area (Å²) in [5.74, 6) is -0.629.